The molecule has 0 aliphatic heterocycles. The molecule has 0 saturated carbocycles. The second-order valence-corrected chi connectivity index (χ2v) is 3.84. The smallest absolute Gasteiger partial charge is 0.340 e. The number of amides is 1. The van der Waals surface area contributed by atoms with Gasteiger partial charge in [-0.2, -0.15) is 0 Å². The molecule has 0 spiro atoms. The van der Waals surface area contributed by atoms with E-state index in [4.69, 9.17) is 0 Å². The fraction of sp³-hybridized carbons (Fsp3) is 0.333. The van der Waals surface area contributed by atoms with Gasteiger partial charge in [-0.05, 0) is 6.92 Å². The van der Waals surface area contributed by atoms with E-state index in [1.54, 1.807) is 5.38 Å². The van der Waals surface area contributed by atoms with Crippen molar-refractivity contribution < 1.29 is 14.3 Å². The Morgan fingerprint density at radius 1 is 1.50 bits per heavy atom. The summed E-state index contributed by atoms with van der Waals surface area (Å²) in [5, 5.41) is 4.28. The van der Waals surface area contributed by atoms with E-state index in [1.807, 2.05) is 6.92 Å². The van der Waals surface area contributed by atoms with Crippen LogP contribution in [0.3, 0.4) is 0 Å². The standard InChI is InChI=1S/C9H11NO3S/c1-5-8(10-6(2)11)7(4-14-5)9(12)13-3/h4H,1-3H3,(H,10,11). The fourth-order valence-electron chi connectivity index (χ4n) is 1.05. The first-order valence-corrected chi connectivity index (χ1v) is 4.88. The summed E-state index contributed by atoms with van der Waals surface area (Å²) in [6.07, 6.45) is 0. The molecule has 1 heterocycles. The zero-order valence-corrected chi connectivity index (χ0v) is 9.03. The zero-order chi connectivity index (χ0) is 10.7. The molecule has 1 amide bonds. The molecule has 0 saturated heterocycles. The van der Waals surface area contributed by atoms with Crippen molar-refractivity contribution in [2.75, 3.05) is 12.4 Å². The van der Waals surface area contributed by atoms with Gasteiger partial charge in [0.2, 0.25) is 5.91 Å². The Bertz CT molecular complexity index is 370. The minimum Gasteiger partial charge on any atom is -0.465 e. The predicted molar refractivity (Wildman–Crippen MR) is 54.7 cm³/mol. The van der Waals surface area contributed by atoms with E-state index in [1.165, 1.54) is 25.4 Å². The molecule has 0 aromatic carbocycles. The molecule has 1 rings (SSSR count). The van der Waals surface area contributed by atoms with Crippen LogP contribution >= 0.6 is 11.3 Å². The molecule has 0 aliphatic carbocycles. The lowest BCUT2D eigenvalue weighted by Gasteiger charge is -2.03. The quantitative estimate of drug-likeness (QED) is 0.762. The number of nitrogens with one attached hydrogen (secondary N) is 1. The highest BCUT2D eigenvalue weighted by molar-refractivity contribution is 7.10. The summed E-state index contributed by atoms with van der Waals surface area (Å²) in [5.74, 6) is -0.630. The Balaban J connectivity index is 3.05. The van der Waals surface area contributed by atoms with Gasteiger partial charge in [-0.25, -0.2) is 4.79 Å². The van der Waals surface area contributed by atoms with Gasteiger partial charge in [0.15, 0.2) is 0 Å². The summed E-state index contributed by atoms with van der Waals surface area (Å²) in [4.78, 5) is 23.0. The molecule has 0 bridgehead atoms. The Labute approximate surface area is 85.9 Å². The number of esters is 1. The topological polar surface area (TPSA) is 55.4 Å². The monoisotopic (exact) mass is 213 g/mol. The average molecular weight is 213 g/mol. The van der Waals surface area contributed by atoms with Gasteiger partial charge in [-0.15, -0.1) is 11.3 Å². The van der Waals surface area contributed by atoms with Crippen LogP contribution in [-0.4, -0.2) is 19.0 Å². The molecular weight excluding hydrogens is 202 g/mol. The first kappa shape index (κ1) is 10.7. The van der Waals surface area contributed by atoms with Crippen LogP contribution in [0.5, 0.6) is 0 Å². The molecule has 0 radical (unpaired) electrons. The highest BCUT2D eigenvalue weighted by Crippen LogP contribution is 2.27. The van der Waals surface area contributed by atoms with Crippen molar-refractivity contribution >= 4 is 28.9 Å². The summed E-state index contributed by atoms with van der Waals surface area (Å²) < 4.78 is 4.59. The number of carbonyl (C=O) groups is 2. The van der Waals surface area contributed by atoms with Crippen molar-refractivity contribution in [2.45, 2.75) is 13.8 Å². The molecule has 14 heavy (non-hydrogen) atoms. The third-order valence-electron chi connectivity index (χ3n) is 1.68. The van der Waals surface area contributed by atoms with Crippen LogP contribution in [0.1, 0.15) is 22.2 Å². The number of methoxy groups -OCH3 is 1. The molecule has 0 fully saturated rings. The fourth-order valence-corrected chi connectivity index (χ4v) is 1.83. The number of rotatable bonds is 2. The maximum absolute atomic E-state index is 11.3. The van der Waals surface area contributed by atoms with Gasteiger partial charge in [0.05, 0.1) is 18.4 Å². The van der Waals surface area contributed by atoms with Crippen molar-refractivity contribution in [1.82, 2.24) is 0 Å². The lowest BCUT2D eigenvalue weighted by molar-refractivity contribution is -0.114. The molecule has 1 aromatic rings. The van der Waals surface area contributed by atoms with Gasteiger partial charge in [0, 0.05) is 17.2 Å². The number of anilines is 1. The van der Waals surface area contributed by atoms with Crippen molar-refractivity contribution in [1.29, 1.82) is 0 Å². The third-order valence-corrected chi connectivity index (χ3v) is 2.59. The van der Waals surface area contributed by atoms with Gasteiger partial charge < -0.3 is 10.1 Å². The average Bonchev–Trinajstić information content (AvgIpc) is 2.46. The van der Waals surface area contributed by atoms with Gasteiger partial charge in [-0.3, -0.25) is 4.79 Å². The number of hydrogen-bond acceptors (Lipinski definition) is 4. The predicted octanol–water partition coefficient (Wildman–Crippen LogP) is 1.80. The molecule has 0 atom stereocenters. The van der Waals surface area contributed by atoms with Crippen LogP contribution in [0.25, 0.3) is 0 Å². The Morgan fingerprint density at radius 3 is 2.64 bits per heavy atom. The van der Waals surface area contributed by atoms with Crippen LogP contribution in [0.4, 0.5) is 5.69 Å². The van der Waals surface area contributed by atoms with Gasteiger partial charge >= 0.3 is 5.97 Å². The molecule has 5 heteroatoms. The Morgan fingerprint density at radius 2 is 2.14 bits per heavy atom. The van der Waals surface area contributed by atoms with E-state index in [2.05, 4.69) is 10.1 Å². The first-order chi connectivity index (χ1) is 6.56. The third kappa shape index (κ3) is 2.11. The number of thiophene rings is 1. The number of aryl methyl sites for hydroxylation is 1. The summed E-state index contributed by atoms with van der Waals surface area (Å²) in [6.45, 7) is 3.24. The van der Waals surface area contributed by atoms with Crippen LogP contribution in [0, 0.1) is 6.92 Å². The maximum Gasteiger partial charge on any atom is 0.340 e. The summed E-state index contributed by atoms with van der Waals surface area (Å²) in [5.41, 5.74) is 0.958. The highest BCUT2D eigenvalue weighted by atomic mass is 32.1. The number of carbonyl (C=O) groups excluding carboxylic acids is 2. The minimum atomic E-state index is -0.432. The number of ether oxygens (including phenoxy) is 1. The number of hydrogen-bond donors (Lipinski definition) is 1. The van der Waals surface area contributed by atoms with Crippen molar-refractivity contribution in [2.24, 2.45) is 0 Å². The molecule has 4 nitrogen and oxygen atoms in total. The maximum atomic E-state index is 11.3. The van der Waals surface area contributed by atoms with Crippen LogP contribution in [0.15, 0.2) is 5.38 Å². The summed E-state index contributed by atoms with van der Waals surface area (Å²) >= 11 is 1.40. The van der Waals surface area contributed by atoms with E-state index in [9.17, 15) is 9.59 Å². The Hall–Kier alpha value is -1.36. The van der Waals surface area contributed by atoms with Gasteiger partial charge in [0.1, 0.15) is 0 Å². The van der Waals surface area contributed by atoms with E-state index in [-0.39, 0.29) is 5.91 Å². The zero-order valence-electron chi connectivity index (χ0n) is 8.21. The van der Waals surface area contributed by atoms with Crippen LogP contribution in [-0.2, 0) is 9.53 Å². The van der Waals surface area contributed by atoms with Crippen LogP contribution in [0.2, 0.25) is 0 Å². The lowest BCUT2D eigenvalue weighted by Crippen LogP contribution is -2.10. The van der Waals surface area contributed by atoms with Gasteiger partial charge in [-0.1, -0.05) is 0 Å². The summed E-state index contributed by atoms with van der Waals surface area (Å²) in [6, 6.07) is 0. The van der Waals surface area contributed by atoms with E-state index in [0.717, 1.165) is 4.88 Å². The SMILES string of the molecule is COC(=O)c1csc(C)c1NC(C)=O. The Kier molecular flexibility index (Phi) is 3.24. The molecule has 0 unspecified atom stereocenters. The first-order valence-electron chi connectivity index (χ1n) is 4.00. The second kappa shape index (κ2) is 4.23. The lowest BCUT2D eigenvalue weighted by atomic mass is 10.2. The van der Waals surface area contributed by atoms with Crippen molar-refractivity contribution in [3.63, 3.8) is 0 Å². The molecule has 0 aliphatic rings. The second-order valence-electron chi connectivity index (χ2n) is 2.75. The molecular formula is C9H11NO3S. The van der Waals surface area contributed by atoms with Crippen molar-refractivity contribution in [3.05, 3.63) is 15.8 Å². The molecule has 76 valence electrons. The van der Waals surface area contributed by atoms with Crippen LogP contribution < -0.4 is 5.32 Å². The van der Waals surface area contributed by atoms with Gasteiger partial charge in [0.25, 0.3) is 0 Å². The minimum absolute atomic E-state index is 0.198. The normalized spacial score (nSPS) is 9.64. The van der Waals surface area contributed by atoms with Crippen molar-refractivity contribution in [3.8, 4) is 0 Å². The van der Waals surface area contributed by atoms with E-state index in [0.29, 0.717) is 11.3 Å². The van der Waals surface area contributed by atoms with E-state index >= 15 is 0 Å². The largest absolute Gasteiger partial charge is 0.465 e. The highest BCUT2D eigenvalue weighted by Gasteiger charge is 2.16. The van der Waals surface area contributed by atoms with E-state index < -0.39 is 5.97 Å². The molecule has 1 N–H and O–H groups in total. The summed E-state index contributed by atoms with van der Waals surface area (Å²) in [7, 11) is 1.31. The molecule has 1 aromatic heterocycles.